The summed E-state index contributed by atoms with van der Waals surface area (Å²) < 4.78 is 14.9. The van der Waals surface area contributed by atoms with Crippen LogP contribution in [0.15, 0.2) is 29.4 Å². The second kappa shape index (κ2) is 8.09. The monoisotopic (exact) mass is 387 g/mol. The molecule has 1 aromatic heterocycles. The molecule has 1 aliphatic carbocycles. The third kappa shape index (κ3) is 4.30. The summed E-state index contributed by atoms with van der Waals surface area (Å²) in [6, 6.07) is 8.34. The minimum atomic E-state index is -0.747. The number of hydrogen-bond acceptors (Lipinski definition) is 5. The van der Waals surface area contributed by atoms with Crippen molar-refractivity contribution in [2.45, 2.75) is 55.0 Å². The maximum Gasteiger partial charge on any atom is 0.234 e. The molecule has 27 heavy (non-hydrogen) atoms. The van der Waals surface area contributed by atoms with E-state index < -0.39 is 10.8 Å². The van der Waals surface area contributed by atoms with E-state index in [9.17, 15) is 14.4 Å². The number of thioether (sulfide) groups is 1. The average molecular weight is 387 g/mol. The van der Waals surface area contributed by atoms with Gasteiger partial charge in [0.05, 0.1) is 11.3 Å². The Morgan fingerprint density at radius 1 is 1.30 bits per heavy atom. The molecule has 1 amide bonds. The number of nitrogens with zero attached hydrogens (tertiary/aromatic N) is 4. The minimum absolute atomic E-state index is 0.171. The van der Waals surface area contributed by atoms with Crippen molar-refractivity contribution in [1.29, 1.82) is 5.26 Å². The molecule has 0 aliphatic heterocycles. The smallest absolute Gasteiger partial charge is 0.234 e. The lowest BCUT2D eigenvalue weighted by Crippen LogP contribution is -2.50. The Hall–Kier alpha value is -2.40. The lowest BCUT2D eigenvalue weighted by molar-refractivity contribution is -0.121. The molecule has 142 valence electrons. The van der Waals surface area contributed by atoms with E-state index >= 15 is 0 Å². The van der Waals surface area contributed by atoms with Gasteiger partial charge in [0.15, 0.2) is 11.0 Å². The maximum atomic E-state index is 13.1. The van der Waals surface area contributed by atoms with Gasteiger partial charge in [0, 0.05) is 12.6 Å². The molecule has 1 aliphatic rings. The van der Waals surface area contributed by atoms with E-state index in [-0.39, 0.29) is 11.7 Å². The van der Waals surface area contributed by atoms with Crippen LogP contribution in [0.4, 0.5) is 4.39 Å². The molecular formula is C19H22FN5OS. The molecule has 1 aromatic carbocycles. The molecule has 1 N–H and O–H groups in total. The maximum absolute atomic E-state index is 13.1. The first-order chi connectivity index (χ1) is 12.9. The first kappa shape index (κ1) is 19.4. The van der Waals surface area contributed by atoms with Crippen molar-refractivity contribution in [3.05, 3.63) is 30.1 Å². The molecule has 6 nitrogen and oxygen atoms in total. The van der Waals surface area contributed by atoms with E-state index in [4.69, 9.17) is 0 Å². The molecule has 1 unspecified atom stereocenters. The SMILES string of the molecule is CC(Sc1nnc(-c2ccc(F)cc2)n1C)C(=O)NC1(C#N)CCCCC1. The van der Waals surface area contributed by atoms with Crippen LogP contribution in [0.5, 0.6) is 0 Å². The fourth-order valence-corrected chi connectivity index (χ4v) is 4.05. The van der Waals surface area contributed by atoms with Crippen LogP contribution in [0.2, 0.25) is 0 Å². The highest BCUT2D eigenvalue weighted by Crippen LogP contribution is 2.30. The number of halogens is 1. The highest BCUT2D eigenvalue weighted by atomic mass is 32.2. The summed E-state index contributed by atoms with van der Waals surface area (Å²) in [5.74, 6) is 0.121. The molecule has 1 atom stereocenters. The topological polar surface area (TPSA) is 83.6 Å². The highest BCUT2D eigenvalue weighted by molar-refractivity contribution is 8.00. The van der Waals surface area contributed by atoms with Gasteiger partial charge in [-0.1, -0.05) is 31.0 Å². The number of carbonyl (C=O) groups excluding carboxylic acids is 1. The number of rotatable bonds is 5. The predicted octanol–water partition coefficient (Wildman–Crippen LogP) is 3.44. The van der Waals surface area contributed by atoms with Gasteiger partial charge in [-0.3, -0.25) is 4.79 Å². The van der Waals surface area contributed by atoms with Gasteiger partial charge in [-0.15, -0.1) is 10.2 Å². The van der Waals surface area contributed by atoms with E-state index in [1.807, 2.05) is 7.05 Å². The Bertz CT molecular complexity index is 852. The van der Waals surface area contributed by atoms with Crippen LogP contribution in [0.25, 0.3) is 11.4 Å². The summed E-state index contributed by atoms with van der Waals surface area (Å²) in [6.07, 6.45) is 4.42. The number of carbonyl (C=O) groups is 1. The van der Waals surface area contributed by atoms with Crippen molar-refractivity contribution in [3.63, 3.8) is 0 Å². The molecule has 1 fully saturated rings. The van der Waals surface area contributed by atoms with Crippen LogP contribution in [-0.4, -0.2) is 31.5 Å². The first-order valence-corrected chi connectivity index (χ1v) is 9.87. The van der Waals surface area contributed by atoms with E-state index in [0.717, 1.165) is 24.8 Å². The van der Waals surface area contributed by atoms with E-state index in [2.05, 4.69) is 21.6 Å². The summed E-state index contributed by atoms with van der Waals surface area (Å²) in [7, 11) is 1.81. The van der Waals surface area contributed by atoms with Crippen molar-refractivity contribution in [3.8, 4) is 17.5 Å². The second-order valence-corrected chi connectivity index (χ2v) is 8.18. The summed E-state index contributed by atoms with van der Waals surface area (Å²) in [5.41, 5.74) is 0.00421. The zero-order valence-electron chi connectivity index (χ0n) is 15.4. The van der Waals surface area contributed by atoms with Crippen LogP contribution in [0.1, 0.15) is 39.0 Å². The van der Waals surface area contributed by atoms with Gasteiger partial charge in [-0.05, 0) is 44.0 Å². The van der Waals surface area contributed by atoms with Gasteiger partial charge in [0.2, 0.25) is 5.91 Å². The van der Waals surface area contributed by atoms with E-state index in [1.54, 1.807) is 23.6 Å². The number of benzene rings is 1. The quantitative estimate of drug-likeness (QED) is 0.795. The van der Waals surface area contributed by atoms with Gasteiger partial charge >= 0.3 is 0 Å². The average Bonchev–Trinajstić information content (AvgIpc) is 3.03. The van der Waals surface area contributed by atoms with Crippen LogP contribution in [0.3, 0.4) is 0 Å². The van der Waals surface area contributed by atoms with Crippen LogP contribution < -0.4 is 5.32 Å². The predicted molar refractivity (Wildman–Crippen MR) is 101 cm³/mol. The third-order valence-electron chi connectivity index (χ3n) is 4.87. The third-order valence-corrected chi connectivity index (χ3v) is 6.01. The number of hydrogen-bond donors (Lipinski definition) is 1. The lowest BCUT2D eigenvalue weighted by atomic mass is 9.83. The summed E-state index contributed by atoms with van der Waals surface area (Å²) in [4.78, 5) is 12.6. The van der Waals surface area contributed by atoms with Gasteiger partial charge in [-0.2, -0.15) is 5.26 Å². The first-order valence-electron chi connectivity index (χ1n) is 8.99. The van der Waals surface area contributed by atoms with Gasteiger partial charge in [0.25, 0.3) is 0 Å². The molecule has 2 aromatic rings. The van der Waals surface area contributed by atoms with Crippen molar-refractivity contribution in [1.82, 2.24) is 20.1 Å². The Labute approximate surface area is 162 Å². The van der Waals surface area contributed by atoms with Crippen LogP contribution >= 0.6 is 11.8 Å². The number of nitriles is 1. The normalized spacial score (nSPS) is 17.1. The van der Waals surface area contributed by atoms with Gasteiger partial charge in [-0.25, -0.2) is 4.39 Å². The molecule has 1 saturated carbocycles. The Balaban J connectivity index is 1.69. The standard InChI is InChI=1S/C19H22FN5OS/c1-13(17(26)22-19(12-21)10-4-3-5-11-19)27-18-24-23-16(25(18)2)14-6-8-15(20)9-7-14/h6-9,13H,3-5,10-11H2,1-2H3,(H,22,26). The molecular weight excluding hydrogens is 365 g/mol. The summed E-state index contributed by atoms with van der Waals surface area (Å²) >= 11 is 1.29. The molecule has 3 rings (SSSR count). The zero-order valence-corrected chi connectivity index (χ0v) is 16.2. The highest BCUT2D eigenvalue weighted by Gasteiger charge is 2.35. The Morgan fingerprint density at radius 3 is 2.59 bits per heavy atom. The van der Waals surface area contributed by atoms with Gasteiger partial charge in [0.1, 0.15) is 11.4 Å². The zero-order chi connectivity index (χ0) is 19.4. The van der Waals surface area contributed by atoms with Crippen molar-refractivity contribution in [2.75, 3.05) is 0 Å². The van der Waals surface area contributed by atoms with Crippen molar-refractivity contribution >= 4 is 17.7 Å². The second-order valence-electron chi connectivity index (χ2n) is 6.88. The summed E-state index contributed by atoms with van der Waals surface area (Å²) in [5, 5.41) is 21.0. The molecule has 8 heteroatoms. The molecule has 0 radical (unpaired) electrons. The number of amides is 1. The van der Waals surface area contributed by atoms with Crippen molar-refractivity contribution in [2.24, 2.45) is 7.05 Å². The number of nitrogens with one attached hydrogen (secondary N) is 1. The Kier molecular flexibility index (Phi) is 5.80. The largest absolute Gasteiger partial charge is 0.337 e. The summed E-state index contributed by atoms with van der Waals surface area (Å²) in [6.45, 7) is 1.79. The van der Waals surface area contributed by atoms with Crippen molar-refractivity contribution < 1.29 is 9.18 Å². The fourth-order valence-electron chi connectivity index (χ4n) is 3.24. The lowest BCUT2D eigenvalue weighted by Gasteiger charge is -2.32. The minimum Gasteiger partial charge on any atom is -0.337 e. The molecule has 0 bridgehead atoms. The van der Waals surface area contributed by atoms with Crippen LogP contribution in [0, 0.1) is 17.1 Å². The van der Waals surface area contributed by atoms with Gasteiger partial charge < -0.3 is 9.88 Å². The number of aromatic nitrogens is 3. The fraction of sp³-hybridized carbons (Fsp3) is 0.474. The van der Waals surface area contributed by atoms with E-state index in [0.29, 0.717) is 23.8 Å². The van der Waals surface area contributed by atoms with E-state index in [1.165, 1.54) is 23.9 Å². The molecule has 0 saturated heterocycles. The Morgan fingerprint density at radius 2 is 1.96 bits per heavy atom. The molecule has 0 spiro atoms. The van der Waals surface area contributed by atoms with Crippen LogP contribution in [-0.2, 0) is 11.8 Å². The molecule has 1 heterocycles.